The van der Waals surface area contributed by atoms with Crippen LogP contribution in [0.1, 0.15) is 19.4 Å². The Morgan fingerprint density at radius 2 is 1.68 bits per heavy atom. The first-order valence-electron chi connectivity index (χ1n) is 6.30. The summed E-state index contributed by atoms with van der Waals surface area (Å²) in [5.41, 5.74) is 9.22. The van der Waals surface area contributed by atoms with Gasteiger partial charge in [0.15, 0.2) is 0 Å². The van der Waals surface area contributed by atoms with Gasteiger partial charge in [-0.05, 0) is 31.5 Å². The molecular formula is C16H16N2S. The fourth-order valence-corrected chi connectivity index (χ4v) is 3.22. The van der Waals surface area contributed by atoms with E-state index < -0.39 is 0 Å². The lowest BCUT2D eigenvalue weighted by atomic mass is 9.91. The Balaban J connectivity index is 2.22. The molecule has 96 valence electrons. The fourth-order valence-electron chi connectivity index (χ4n) is 2.22. The van der Waals surface area contributed by atoms with Gasteiger partial charge in [-0.3, -0.25) is 0 Å². The molecule has 1 heterocycles. The maximum Gasteiger partial charge on any atom is 0.124 e. The van der Waals surface area contributed by atoms with Crippen molar-refractivity contribution >= 4 is 21.6 Å². The molecule has 0 saturated carbocycles. The van der Waals surface area contributed by atoms with Crippen molar-refractivity contribution < 1.29 is 0 Å². The predicted molar refractivity (Wildman–Crippen MR) is 82.3 cm³/mol. The quantitative estimate of drug-likeness (QED) is 0.758. The summed E-state index contributed by atoms with van der Waals surface area (Å²) in [5.74, 6) is 0. The smallest absolute Gasteiger partial charge is 0.124 e. The molecule has 0 spiro atoms. The maximum absolute atomic E-state index is 6.27. The minimum atomic E-state index is -0.367. The van der Waals surface area contributed by atoms with Crippen LogP contribution in [0.25, 0.3) is 20.8 Å². The van der Waals surface area contributed by atoms with E-state index in [2.05, 4.69) is 18.2 Å². The summed E-state index contributed by atoms with van der Waals surface area (Å²) >= 11 is 1.71. The van der Waals surface area contributed by atoms with Crippen LogP contribution in [0.3, 0.4) is 0 Å². The lowest BCUT2D eigenvalue weighted by molar-refractivity contribution is 0.556. The van der Waals surface area contributed by atoms with Crippen LogP contribution in [0.4, 0.5) is 0 Å². The summed E-state index contributed by atoms with van der Waals surface area (Å²) < 4.78 is 1.21. The molecule has 0 bridgehead atoms. The predicted octanol–water partition coefficient (Wildman–Crippen LogP) is 4.16. The van der Waals surface area contributed by atoms with E-state index in [1.807, 2.05) is 44.2 Å². The van der Waals surface area contributed by atoms with Crippen molar-refractivity contribution in [2.24, 2.45) is 5.73 Å². The Kier molecular flexibility index (Phi) is 2.88. The Morgan fingerprint density at radius 1 is 1.00 bits per heavy atom. The van der Waals surface area contributed by atoms with Gasteiger partial charge in [0.25, 0.3) is 0 Å². The number of fused-ring (bicyclic) bond motifs is 1. The van der Waals surface area contributed by atoms with E-state index in [0.717, 1.165) is 21.7 Å². The van der Waals surface area contributed by atoms with Crippen LogP contribution >= 0.6 is 11.3 Å². The van der Waals surface area contributed by atoms with E-state index in [4.69, 9.17) is 10.7 Å². The third-order valence-electron chi connectivity index (χ3n) is 3.15. The van der Waals surface area contributed by atoms with Crippen LogP contribution in [0.5, 0.6) is 0 Å². The third-order valence-corrected chi connectivity index (χ3v) is 4.22. The first-order valence-corrected chi connectivity index (χ1v) is 7.12. The normalized spacial score (nSPS) is 11.9. The third kappa shape index (κ3) is 2.27. The van der Waals surface area contributed by atoms with Crippen LogP contribution in [-0.4, -0.2) is 4.98 Å². The molecular weight excluding hydrogens is 252 g/mol. The summed E-state index contributed by atoms with van der Waals surface area (Å²) in [6.45, 7) is 4.05. The second kappa shape index (κ2) is 4.44. The van der Waals surface area contributed by atoms with Crippen molar-refractivity contribution in [3.05, 3.63) is 54.1 Å². The molecule has 0 amide bonds. The number of aromatic nitrogens is 1. The monoisotopic (exact) mass is 268 g/mol. The van der Waals surface area contributed by atoms with Crippen LogP contribution in [0.15, 0.2) is 48.5 Å². The number of nitrogens with two attached hydrogens (primary N) is 1. The van der Waals surface area contributed by atoms with Gasteiger partial charge in [-0.15, -0.1) is 11.3 Å². The second-order valence-electron chi connectivity index (χ2n) is 5.25. The van der Waals surface area contributed by atoms with Gasteiger partial charge in [0, 0.05) is 11.1 Å². The molecule has 1 aromatic heterocycles. The molecule has 0 fully saturated rings. The van der Waals surface area contributed by atoms with Gasteiger partial charge in [0.05, 0.1) is 10.2 Å². The molecule has 0 radical (unpaired) electrons. The number of rotatable bonds is 2. The number of hydrogen-bond donors (Lipinski definition) is 1. The molecule has 2 N–H and O–H groups in total. The summed E-state index contributed by atoms with van der Waals surface area (Å²) in [5, 5.41) is 1.04. The first-order chi connectivity index (χ1) is 9.05. The molecule has 3 rings (SSSR count). The van der Waals surface area contributed by atoms with E-state index in [1.54, 1.807) is 11.3 Å². The van der Waals surface area contributed by atoms with Gasteiger partial charge in [0.2, 0.25) is 0 Å². The highest BCUT2D eigenvalue weighted by Crippen LogP contribution is 2.35. The molecule has 3 heteroatoms. The van der Waals surface area contributed by atoms with E-state index in [0.29, 0.717) is 0 Å². The number of thiazole rings is 1. The molecule has 0 aliphatic carbocycles. The zero-order valence-electron chi connectivity index (χ0n) is 11.1. The van der Waals surface area contributed by atoms with Crippen molar-refractivity contribution in [3.8, 4) is 10.6 Å². The highest BCUT2D eigenvalue weighted by atomic mass is 32.1. The Labute approximate surface area is 116 Å². The topological polar surface area (TPSA) is 38.9 Å². The molecule has 0 aliphatic rings. The SMILES string of the molecule is CC(C)(N)c1ccccc1-c1nc2ccccc2s1. The fraction of sp³-hybridized carbons (Fsp3) is 0.188. The maximum atomic E-state index is 6.27. The number of benzene rings is 2. The van der Waals surface area contributed by atoms with Crippen LogP contribution < -0.4 is 5.73 Å². The second-order valence-corrected chi connectivity index (χ2v) is 6.28. The molecule has 2 aromatic carbocycles. The van der Waals surface area contributed by atoms with E-state index >= 15 is 0 Å². The molecule has 2 nitrogen and oxygen atoms in total. The Bertz CT molecular complexity index is 690. The zero-order valence-corrected chi connectivity index (χ0v) is 11.9. The van der Waals surface area contributed by atoms with Crippen LogP contribution in [0, 0.1) is 0 Å². The van der Waals surface area contributed by atoms with E-state index in [9.17, 15) is 0 Å². The highest BCUT2D eigenvalue weighted by Gasteiger charge is 2.20. The molecule has 19 heavy (non-hydrogen) atoms. The number of para-hydroxylation sites is 1. The van der Waals surface area contributed by atoms with Crippen LogP contribution in [0.2, 0.25) is 0 Å². The first kappa shape index (κ1) is 12.3. The van der Waals surface area contributed by atoms with E-state index in [-0.39, 0.29) is 5.54 Å². The molecule has 0 saturated heterocycles. The van der Waals surface area contributed by atoms with Crippen molar-refractivity contribution in [2.45, 2.75) is 19.4 Å². The largest absolute Gasteiger partial charge is 0.322 e. The van der Waals surface area contributed by atoms with Crippen LogP contribution in [-0.2, 0) is 5.54 Å². The molecule has 0 aliphatic heterocycles. The summed E-state index contributed by atoms with van der Waals surface area (Å²) in [6.07, 6.45) is 0. The van der Waals surface area contributed by atoms with Gasteiger partial charge in [-0.1, -0.05) is 36.4 Å². The van der Waals surface area contributed by atoms with Gasteiger partial charge in [-0.2, -0.15) is 0 Å². The Hall–Kier alpha value is -1.71. The van der Waals surface area contributed by atoms with Gasteiger partial charge >= 0.3 is 0 Å². The zero-order chi connectivity index (χ0) is 13.5. The van der Waals surface area contributed by atoms with Gasteiger partial charge < -0.3 is 5.73 Å². The molecule has 0 atom stereocenters. The van der Waals surface area contributed by atoms with Crippen molar-refractivity contribution in [2.75, 3.05) is 0 Å². The van der Waals surface area contributed by atoms with Gasteiger partial charge in [-0.25, -0.2) is 4.98 Å². The minimum Gasteiger partial charge on any atom is -0.322 e. The summed E-state index contributed by atoms with van der Waals surface area (Å²) in [4.78, 5) is 4.72. The average Bonchev–Trinajstić information content (AvgIpc) is 2.81. The van der Waals surface area contributed by atoms with Crippen molar-refractivity contribution in [1.82, 2.24) is 4.98 Å². The van der Waals surface area contributed by atoms with Gasteiger partial charge in [0.1, 0.15) is 5.01 Å². The average molecular weight is 268 g/mol. The Morgan fingerprint density at radius 3 is 2.42 bits per heavy atom. The standard InChI is InChI=1S/C16H16N2S/c1-16(2,17)12-8-4-3-7-11(12)15-18-13-9-5-6-10-14(13)19-15/h3-10H,17H2,1-2H3. The lowest BCUT2D eigenvalue weighted by Gasteiger charge is -2.21. The van der Waals surface area contributed by atoms with Crippen molar-refractivity contribution in [1.29, 1.82) is 0 Å². The van der Waals surface area contributed by atoms with Crippen molar-refractivity contribution in [3.63, 3.8) is 0 Å². The summed E-state index contributed by atoms with van der Waals surface area (Å²) in [7, 11) is 0. The highest BCUT2D eigenvalue weighted by molar-refractivity contribution is 7.21. The van der Waals surface area contributed by atoms with E-state index in [1.165, 1.54) is 4.70 Å². The molecule has 0 unspecified atom stereocenters. The number of hydrogen-bond acceptors (Lipinski definition) is 3. The summed E-state index contributed by atoms with van der Waals surface area (Å²) in [6, 6.07) is 16.5. The number of nitrogens with zero attached hydrogens (tertiary/aromatic N) is 1. The minimum absolute atomic E-state index is 0.367. The lowest BCUT2D eigenvalue weighted by Crippen LogP contribution is -2.29. The molecule has 3 aromatic rings.